The van der Waals surface area contributed by atoms with Crippen molar-refractivity contribution >= 4 is 33.2 Å². The summed E-state index contributed by atoms with van der Waals surface area (Å²) in [5.41, 5.74) is 1.75. The molecule has 7 heteroatoms. The van der Waals surface area contributed by atoms with Crippen molar-refractivity contribution in [2.45, 2.75) is 56.4 Å². The van der Waals surface area contributed by atoms with Gasteiger partial charge in [-0.2, -0.15) is 0 Å². The van der Waals surface area contributed by atoms with Gasteiger partial charge in [0, 0.05) is 22.3 Å². The fourth-order valence-corrected chi connectivity index (χ4v) is 4.94. The van der Waals surface area contributed by atoms with Crippen LogP contribution in [-0.2, 0) is 10.0 Å². The van der Waals surface area contributed by atoms with E-state index in [0.717, 1.165) is 25.7 Å². The average Bonchev–Trinajstić information content (AvgIpc) is 2.92. The lowest BCUT2D eigenvalue weighted by molar-refractivity contribution is 0.102. The van der Waals surface area contributed by atoms with Gasteiger partial charge in [0.05, 0.1) is 4.90 Å². The predicted molar refractivity (Wildman–Crippen MR) is 112 cm³/mol. The van der Waals surface area contributed by atoms with Gasteiger partial charge in [0.2, 0.25) is 10.0 Å². The minimum atomic E-state index is -3.58. The molecule has 2 aromatic rings. The molecule has 1 saturated carbocycles. The number of carbonyl (C=O) groups excluding carboxylic acids is 1. The molecule has 0 unspecified atom stereocenters. The highest BCUT2D eigenvalue weighted by atomic mass is 35.5. The second-order valence-electron chi connectivity index (χ2n) is 7.25. The second-order valence-corrected chi connectivity index (χ2v) is 9.40. The van der Waals surface area contributed by atoms with E-state index in [0.29, 0.717) is 21.8 Å². The van der Waals surface area contributed by atoms with Crippen LogP contribution in [0.15, 0.2) is 47.4 Å². The highest BCUT2D eigenvalue weighted by Gasteiger charge is 2.22. The molecular formula is C21H25ClN2O3S. The first kappa shape index (κ1) is 20.8. The standard InChI is InChI=1S/C21H25ClN2O3S/c1-15-14-19(28(26,27)24-18-6-4-2-3-5-7-18)12-13-20(15)23-21(25)16-8-10-17(22)11-9-16/h8-14,18,24H,2-7H2,1H3,(H,23,25). The molecule has 0 radical (unpaired) electrons. The average molecular weight is 421 g/mol. The molecular weight excluding hydrogens is 396 g/mol. The summed E-state index contributed by atoms with van der Waals surface area (Å²) in [5, 5.41) is 3.38. The van der Waals surface area contributed by atoms with Crippen LogP contribution < -0.4 is 10.0 Å². The molecule has 1 fully saturated rings. The summed E-state index contributed by atoms with van der Waals surface area (Å²) >= 11 is 5.85. The van der Waals surface area contributed by atoms with Crippen molar-refractivity contribution in [3.63, 3.8) is 0 Å². The normalized spacial score (nSPS) is 15.8. The number of nitrogens with one attached hydrogen (secondary N) is 2. The Morgan fingerprint density at radius 2 is 1.64 bits per heavy atom. The van der Waals surface area contributed by atoms with Gasteiger partial charge in [-0.05, 0) is 67.8 Å². The summed E-state index contributed by atoms with van der Waals surface area (Å²) in [4.78, 5) is 12.6. The Kier molecular flexibility index (Phi) is 6.75. The number of carbonyl (C=O) groups is 1. The van der Waals surface area contributed by atoms with E-state index in [9.17, 15) is 13.2 Å². The van der Waals surface area contributed by atoms with Crippen molar-refractivity contribution in [1.82, 2.24) is 4.72 Å². The molecule has 3 rings (SSSR count). The lowest BCUT2D eigenvalue weighted by atomic mass is 10.1. The Balaban J connectivity index is 1.72. The summed E-state index contributed by atoms with van der Waals surface area (Å²) in [6.07, 6.45) is 6.21. The van der Waals surface area contributed by atoms with E-state index in [1.807, 2.05) is 0 Å². The van der Waals surface area contributed by atoms with Crippen LogP contribution in [0.4, 0.5) is 5.69 Å². The number of rotatable bonds is 5. The van der Waals surface area contributed by atoms with E-state index in [4.69, 9.17) is 11.6 Å². The smallest absolute Gasteiger partial charge is 0.255 e. The fourth-order valence-electron chi connectivity index (χ4n) is 3.42. The first-order valence-corrected chi connectivity index (χ1v) is 11.4. The van der Waals surface area contributed by atoms with Crippen LogP contribution >= 0.6 is 11.6 Å². The van der Waals surface area contributed by atoms with Crippen LogP contribution in [0.25, 0.3) is 0 Å². The molecule has 0 heterocycles. The predicted octanol–water partition coefficient (Wildman–Crippen LogP) is 4.90. The van der Waals surface area contributed by atoms with Crippen molar-refractivity contribution in [2.75, 3.05) is 5.32 Å². The van der Waals surface area contributed by atoms with Crippen molar-refractivity contribution in [1.29, 1.82) is 0 Å². The number of aryl methyl sites for hydroxylation is 1. The van der Waals surface area contributed by atoms with Crippen LogP contribution in [0.1, 0.15) is 54.4 Å². The van der Waals surface area contributed by atoms with Crippen molar-refractivity contribution in [2.24, 2.45) is 0 Å². The topological polar surface area (TPSA) is 75.3 Å². The summed E-state index contributed by atoms with van der Waals surface area (Å²) < 4.78 is 28.3. The van der Waals surface area contributed by atoms with Gasteiger partial charge in [-0.25, -0.2) is 13.1 Å². The maximum absolute atomic E-state index is 12.7. The van der Waals surface area contributed by atoms with E-state index in [1.54, 1.807) is 43.3 Å². The van der Waals surface area contributed by atoms with E-state index in [-0.39, 0.29) is 16.8 Å². The zero-order chi connectivity index (χ0) is 20.1. The quantitative estimate of drug-likeness (QED) is 0.675. The minimum absolute atomic E-state index is 0.00269. The fraction of sp³-hybridized carbons (Fsp3) is 0.381. The lowest BCUT2D eigenvalue weighted by Crippen LogP contribution is -2.34. The Morgan fingerprint density at radius 1 is 1.00 bits per heavy atom. The number of sulfonamides is 1. The maximum Gasteiger partial charge on any atom is 0.255 e. The second kappa shape index (κ2) is 9.07. The summed E-state index contributed by atoms with van der Waals surface area (Å²) in [7, 11) is -3.58. The first-order valence-electron chi connectivity index (χ1n) is 9.55. The van der Waals surface area contributed by atoms with Crippen molar-refractivity contribution in [3.05, 3.63) is 58.6 Å². The van der Waals surface area contributed by atoms with Gasteiger partial charge >= 0.3 is 0 Å². The number of benzene rings is 2. The maximum atomic E-state index is 12.7. The molecule has 0 spiro atoms. The Hall–Kier alpha value is -1.89. The van der Waals surface area contributed by atoms with Crippen molar-refractivity contribution in [3.8, 4) is 0 Å². The minimum Gasteiger partial charge on any atom is -0.322 e. The number of hydrogen-bond donors (Lipinski definition) is 2. The van der Waals surface area contributed by atoms with E-state index in [2.05, 4.69) is 10.0 Å². The van der Waals surface area contributed by atoms with Crippen LogP contribution in [0, 0.1) is 6.92 Å². The monoisotopic (exact) mass is 420 g/mol. The third-order valence-electron chi connectivity index (χ3n) is 5.04. The number of hydrogen-bond acceptors (Lipinski definition) is 3. The Morgan fingerprint density at radius 3 is 2.25 bits per heavy atom. The molecule has 1 aliphatic rings. The van der Waals surface area contributed by atoms with E-state index < -0.39 is 10.0 Å². The number of halogens is 1. The summed E-state index contributed by atoms with van der Waals surface area (Å²) in [5.74, 6) is -0.271. The zero-order valence-electron chi connectivity index (χ0n) is 15.9. The molecule has 0 saturated heterocycles. The van der Waals surface area contributed by atoms with Crippen LogP contribution in [0.5, 0.6) is 0 Å². The molecule has 0 aromatic heterocycles. The van der Waals surface area contributed by atoms with Gasteiger partial charge in [0.25, 0.3) is 5.91 Å². The molecule has 1 aliphatic carbocycles. The molecule has 5 nitrogen and oxygen atoms in total. The number of amides is 1. The van der Waals surface area contributed by atoms with Crippen molar-refractivity contribution < 1.29 is 13.2 Å². The van der Waals surface area contributed by atoms with Gasteiger partial charge < -0.3 is 5.32 Å². The molecule has 28 heavy (non-hydrogen) atoms. The summed E-state index contributed by atoms with van der Waals surface area (Å²) in [6, 6.07) is 11.3. The molecule has 1 amide bonds. The van der Waals surface area contributed by atoms with Gasteiger partial charge in [-0.3, -0.25) is 4.79 Å². The van der Waals surface area contributed by atoms with Gasteiger partial charge in [0.15, 0.2) is 0 Å². The largest absolute Gasteiger partial charge is 0.322 e. The zero-order valence-corrected chi connectivity index (χ0v) is 17.4. The number of anilines is 1. The van der Waals surface area contributed by atoms with E-state index >= 15 is 0 Å². The highest BCUT2D eigenvalue weighted by molar-refractivity contribution is 7.89. The van der Waals surface area contributed by atoms with Gasteiger partial charge in [0.1, 0.15) is 0 Å². The first-order chi connectivity index (χ1) is 13.3. The Labute approximate surface area is 171 Å². The third-order valence-corrected chi connectivity index (χ3v) is 6.81. The molecule has 0 aliphatic heterocycles. The SMILES string of the molecule is Cc1cc(S(=O)(=O)NC2CCCCCC2)ccc1NC(=O)c1ccc(Cl)cc1. The molecule has 150 valence electrons. The summed E-state index contributed by atoms with van der Waals surface area (Å²) in [6.45, 7) is 1.78. The van der Waals surface area contributed by atoms with Crippen LogP contribution in [0.3, 0.4) is 0 Å². The van der Waals surface area contributed by atoms with Crippen LogP contribution in [-0.4, -0.2) is 20.4 Å². The van der Waals surface area contributed by atoms with E-state index in [1.165, 1.54) is 18.9 Å². The molecule has 0 bridgehead atoms. The van der Waals surface area contributed by atoms with Gasteiger partial charge in [-0.1, -0.05) is 37.3 Å². The molecule has 2 N–H and O–H groups in total. The lowest BCUT2D eigenvalue weighted by Gasteiger charge is -2.17. The van der Waals surface area contributed by atoms with Crippen LogP contribution in [0.2, 0.25) is 5.02 Å². The highest BCUT2D eigenvalue weighted by Crippen LogP contribution is 2.23. The Bertz CT molecular complexity index is 935. The van der Waals surface area contributed by atoms with Gasteiger partial charge in [-0.15, -0.1) is 0 Å². The third kappa shape index (κ3) is 5.34. The molecule has 0 atom stereocenters. The molecule has 2 aromatic carbocycles.